The molecule has 0 bridgehead atoms. The summed E-state index contributed by atoms with van der Waals surface area (Å²) in [5, 5.41) is 11.0. The number of nitrogens with zero attached hydrogens (tertiary/aromatic N) is 2. The number of aryl methyl sites for hydroxylation is 1. The van der Waals surface area contributed by atoms with E-state index in [9.17, 15) is 4.79 Å². The molecule has 0 radical (unpaired) electrons. The summed E-state index contributed by atoms with van der Waals surface area (Å²) in [6.45, 7) is 2.07. The fourth-order valence-electron chi connectivity index (χ4n) is 4.19. The van der Waals surface area contributed by atoms with Crippen molar-refractivity contribution in [2.24, 2.45) is 5.10 Å². The molecular formula is C25H20N2O. The van der Waals surface area contributed by atoms with Gasteiger partial charge in [-0.2, -0.15) is 5.10 Å². The van der Waals surface area contributed by atoms with E-state index in [1.54, 1.807) is 5.01 Å². The van der Waals surface area contributed by atoms with E-state index in [0.29, 0.717) is 6.42 Å². The van der Waals surface area contributed by atoms with Gasteiger partial charge in [0.05, 0.1) is 11.8 Å². The number of fused-ring (bicyclic) bond motifs is 2. The van der Waals surface area contributed by atoms with Crippen molar-refractivity contribution in [2.45, 2.75) is 19.4 Å². The Morgan fingerprint density at radius 1 is 0.893 bits per heavy atom. The van der Waals surface area contributed by atoms with Crippen LogP contribution in [0.15, 0.2) is 84.0 Å². The van der Waals surface area contributed by atoms with Crippen molar-refractivity contribution in [3.63, 3.8) is 0 Å². The highest BCUT2D eigenvalue weighted by Gasteiger charge is 2.31. The summed E-state index contributed by atoms with van der Waals surface area (Å²) in [6.07, 6.45) is 1.56. The van der Waals surface area contributed by atoms with Crippen LogP contribution in [0.25, 0.3) is 21.5 Å². The second-order valence-corrected chi connectivity index (χ2v) is 7.35. The van der Waals surface area contributed by atoms with Crippen LogP contribution < -0.4 is 0 Å². The van der Waals surface area contributed by atoms with Crippen molar-refractivity contribution >= 4 is 33.7 Å². The fraction of sp³-hybridized carbons (Fsp3) is 0.120. The molecule has 1 atom stereocenters. The zero-order chi connectivity index (χ0) is 19.1. The van der Waals surface area contributed by atoms with Crippen molar-refractivity contribution < 1.29 is 4.79 Å². The maximum absolute atomic E-state index is 11.9. The highest BCUT2D eigenvalue weighted by molar-refractivity contribution is 6.06. The monoisotopic (exact) mass is 364 g/mol. The van der Waals surface area contributed by atoms with Gasteiger partial charge in [-0.25, -0.2) is 5.01 Å². The van der Waals surface area contributed by atoms with Gasteiger partial charge in [0.25, 0.3) is 0 Å². The molecule has 0 aromatic heterocycles. The number of carbonyl (C=O) groups excluding carboxylic acids is 1. The summed E-state index contributed by atoms with van der Waals surface area (Å²) in [7, 11) is 0. The molecule has 0 aliphatic carbocycles. The number of benzene rings is 4. The average Bonchev–Trinajstić information content (AvgIpc) is 3.16. The number of hydrazone groups is 1. The summed E-state index contributed by atoms with van der Waals surface area (Å²) >= 11 is 0. The highest BCUT2D eigenvalue weighted by atomic mass is 16.1. The summed E-state index contributed by atoms with van der Waals surface area (Å²) in [5.41, 5.74) is 4.41. The summed E-state index contributed by atoms with van der Waals surface area (Å²) in [4.78, 5) is 11.9. The Balaban J connectivity index is 1.69. The summed E-state index contributed by atoms with van der Waals surface area (Å²) in [6, 6.07) is 27.2. The molecule has 1 aliphatic rings. The Morgan fingerprint density at radius 2 is 1.50 bits per heavy atom. The van der Waals surface area contributed by atoms with Gasteiger partial charge in [-0.1, -0.05) is 78.4 Å². The molecule has 0 N–H and O–H groups in total. The number of carbonyl (C=O) groups is 1. The summed E-state index contributed by atoms with van der Waals surface area (Å²) in [5.74, 6) is 0. The van der Waals surface area contributed by atoms with E-state index in [0.717, 1.165) is 17.7 Å². The van der Waals surface area contributed by atoms with Crippen LogP contribution in [0.3, 0.4) is 0 Å². The minimum Gasteiger partial charge on any atom is -0.277 e. The molecule has 0 spiro atoms. The molecule has 4 aromatic rings. The van der Waals surface area contributed by atoms with Crippen LogP contribution in [-0.2, 0) is 4.79 Å². The van der Waals surface area contributed by atoms with Crippen LogP contribution in [0.4, 0.5) is 0 Å². The molecule has 136 valence electrons. The van der Waals surface area contributed by atoms with Crippen LogP contribution in [0, 0.1) is 6.92 Å². The van der Waals surface area contributed by atoms with Gasteiger partial charge >= 0.3 is 0 Å². The standard InChI is InChI=1S/C25H20N2O/c1-17-10-12-18(13-11-17)23-15-24(27(16-28)26-23)25-21-8-4-2-6-19(21)14-20-7-3-5-9-22(20)25/h2-14,16,24H,15H2,1H3. The molecule has 0 saturated carbocycles. The predicted molar refractivity (Wildman–Crippen MR) is 114 cm³/mol. The molecule has 5 rings (SSSR count). The topological polar surface area (TPSA) is 32.7 Å². The van der Waals surface area contributed by atoms with Gasteiger partial charge < -0.3 is 0 Å². The van der Waals surface area contributed by atoms with E-state index in [1.807, 2.05) is 0 Å². The lowest BCUT2D eigenvalue weighted by atomic mass is 9.89. The van der Waals surface area contributed by atoms with E-state index in [1.165, 1.54) is 32.7 Å². The Morgan fingerprint density at radius 3 is 2.11 bits per heavy atom. The zero-order valence-electron chi connectivity index (χ0n) is 15.7. The van der Waals surface area contributed by atoms with Crippen LogP contribution in [0.2, 0.25) is 0 Å². The van der Waals surface area contributed by atoms with Crippen LogP contribution >= 0.6 is 0 Å². The van der Waals surface area contributed by atoms with Crippen LogP contribution in [-0.4, -0.2) is 17.1 Å². The Labute approximate surface area is 163 Å². The highest BCUT2D eigenvalue weighted by Crippen LogP contribution is 2.40. The second-order valence-electron chi connectivity index (χ2n) is 7.35. The van der Waals surface area contributed by atoms with Gasteiger partial charge in [0.15, 0.2) is 0 Å². The smallest absolute Gasteiger partial charge is 0.230 e. The van der Waals surface area contributed by atoms with Gasteiger partial charge in [-0.05, 0) is 45.7 Å². The lowest BCUT2D eigenvalue weighted by molar-refractivity contribution is -0.119. The molecule has 1 unspecified atom stereocenters. The van der Waals surface area contributed by atoms with Crippen molar-refractivity contribution in [1.29, 1.82) is 0 Å². The maximum Gasteiger partial charge on any atom is 0.230 e. The molecular weight excluding hydrogens is 344 g/mol. The molecule has 0 saturated heterocycles. The van der Waals surface area contributed by atoms with E-state index >= 15 is 0 Å². The second kappa shape index (κ2) is 6.61. The maximum atomic E-state index is 11.9. The van der Waals surface area contributed by atoms with Crippen LogP contribution in [0.1, 0.15) is 29.2 Å². The lowest BCUT2D eigenvalue weighted by Gasteiger charge is -2.22. The van der Waals surface area contributed by atoms with Gasteiger partial charge in [0.1, 0.15) is 0 Å². The molecule has 1 heterocycles. The Kier molecular flexibility index (Phi) is 3.94. The fourth-order valence-corrected chi connectivity index (χ4v) is 4.19. The van der Waals surface area contributed by atoms with Gasteiger partial charge in [0.2, 0.25) is 6.41 Å². The largest absolute Gasteiger partial charge is 0.277 e. The third-order valence-electron chi connectivity index (χ3n) is 5.58. The average molecular weight is 364 g/mol. The summed E-state index contributed by atoms with van der Waals surface area (Å²) < 4.78 is 0. The van der Waals surface area contributed by atoms with Crippen molar-refractivity contribution in [3.8, 4) is 0 Å². The lowest BCUT2D eigenvalue weighted by Crippen LogP contribution is -2.18. The van der Waals surface area contributed by atoms with Crippen molar-refractivity contribution in [2.75, 3.05) is 0 Å². The van der Waals surface area contributed by atoms with Crippen molar-refractivity contribution in [3.05, 3.63) is 95.6 Å². The minimum absolute atomic E-state index is 0.107. The van der Waals surface area contributed by atoms with Crippen molar-refractivity contribution in [1.82, 2.24) is 5.01 Å². The minimum atomic E-state index is -0.107. The third-order valence-corrected chi connectivity index (χ3v) is 5.58. The first-order valence-electron chi connectivity index (χ1n) is 9.53. The molecule has 3 nitrogen and oxygen atoms in total. The zero-order valence-corrected chi connectivity index (χ0v) is 15.7. The molecule has 4 aromatic carbocycles. The number of rotatable bonds is 3. The van der Waals surface area contributed by atoms with E-state index in [4.69, 9.17) is 0 Å². The van der Waals surface area contributed by atoms with E-state index in [-0.39, 0.29) is 6.04 Å². The van der Waals surface area contributed by atoms with Crippen LogP contribution in [0.5, 0.6) is 0 Å². The first-order chi connectivity index (χ1) is 13.7. The quantitative estimate of drug-likeness (QED) is 0.343. The third kappa shape index (κ3) is 2.67. The molecule has 1 aliphatic heterocycles. The number of amides is 1. The molecule has 1 amide bonds. The van der Waals surface area contributed by atoms with Gasteiger partial charge in [-0.3, -0.25) is 4.79 Å². The number of hydrogen-bond donors (Lipinski definition) is 0. The van der Waals surface area contributed by atoms with E-state index in [2.05, 4.69) is 90.9 Å². The predicted octanol–water partition coefficient (Wildman–Crippen LogP) is 5.61. The molecule has 0 fully saturated rings. The first-order valence-corrected chi connectivity index (χ1v) is 9.53. The molecule has 28 heavy (non-hydrogen) atoms. The Bertz CT molecular complexity index is 1170. The van der Waals surface area contributed by atoms with Gasteiger partial charge in [0, 0.05) is 6.42 Å². The van der Waals surface area contributed by atoms with E-state index < -0.39 is 0 Å². The number of hydrogen-bond acceptors (Lipinski definition) is 2. The first kappa shape index (κ1) is 16.7. The SMILES string of the molecule is Cc1ccc(C2=NN(C=O)C(c3c4ccccc4cc4ccccc34)C2)cc1. The normalized spacial score (nSPS) is 16.5. The Hall–Kier alpha value is -3.46. The van der Waals surface area contributed by atoms with Gasteiger partial charge in [-0.15, -0.1) is 0 Å². The molecule has 3 heteroatoms.